The van der Waals surface area contributed by atoms with E-state index in [1.807, 2.05) is 27.7 Å². The van der Waals surface area contributed by atoms with E-state index >= 15 is 0 Å². The standard InChI is InChI=1S/C13H21ClN4O/c1-6-15-13(19)9(5)16-12-8(4)10(14)17-11(18-12)7(2)3/h7,9H,6H2,1-5H3,(H,15,19)(H,16,17,18). The van der Waals surface area contributed by atoms with Crippen molar-refractivity contribution in [1.29, 1.82) is 0 Å². The van der Waals surface area contributed by atoms with Crippen molar-refractivity contribution >= 4 is 23.3 Å². The lowest BCUT2D eigenvalue weighted by molar-refractivity contribution is -0.121. The molecule has 6 heteroatoms. The first-order valence-electron chi connectivity index (χ1n) is 6.45. The monoisotopic (exact) mass is 284 g/mol. The van der Waals surface area contributed by atoms with Crippen molar-refractivity contribution < 1.29 is 4.79 Å². The largest absolute Gasteiger partial charge is 0.358 e. The Hall–Kier alpha value is -1.36. The molecule has 0 fully saturated rings. The third-order valence-electron chi connectivity index (χ3n) is 2.72. The molecule has 1 amide bonds. The zero-order chi connectivity index (χ0) is 14.6. The molecule has 106 valence electrons. The number of carbonyl (C=O) groups is 1. The van der Waals surface area contributed by atoms with E-state index in [0.717, 1.165) is 5.56 Å². The van der Waals surface area contributed by atoms with E-state index in [0.29, 0.717) is 23.3 Å². The molecule has 1 aromatic heterocycles. The minimum atomic E-state index is -0.371. The summed E-state index contributed by atoms with van der Waals surface area (Å²) in [6.07, 6.45) is 0. The van der Waals surface area contributed by atoms with Crippen LogP contribution in [0.1, 0.15) is 45.0 Å². The Kier molecular flexibility index (Phi) is 5.54. The van der Waals surface area contributed by atoms with Crippen LogP contribution in [-0.4, -0.2) is 28.5 Å². The van der Waals surface area contributed by atoms with Gasteiger partial charge in [-0.15, -0.1) is 0 Å². The van der Waals surface area contributed by atoms with Crippen LogP contribution in [0.15, 0.2) is 0 Å². The fourth-order valence-electron chi connectivity index (χ4n) is 1.50. The summed E-state index contributed by atoms with van der Waals surface area (Å²) in [5.41, 5.74) is 0.752. The quantitative estimate of drug-likeness (QED) is 0.815. The Morgan fingerprint density at radius 2 is 1.95 bits per heavy atom. The summed E-state index contributed by atoms with van der Waals surface area (Å²) in [5, 5.41) is 6.26. The molecule has 1 unspecified atom stereocenters. The smallest absolute Gasteiger partial charge is 0.242 e. The van der Waals surface area contributed by atoms with Crippen molar-refractivity contribution in [2.24, 2.45) is 0 Å². The van der Waals surface area contributed by atoms with Gasteiger partial charge in [0.05, 0.1) is 0 Å². The molecule has 5 nitrogen and oxygen atoms in total. The minimum absolute atomic E-state index is 0.0669. The van der Waals surface area contributed by atoms with E-state index in [1.54, 1.807) is 6.92 Å². The average molecular weight is 285 g/mol. The lowest BCUT2D eigenvalue weighted by Gasteiger charge is -2.17. The van der Waals surface area contributed by atoms with Crippen LogP contribution in [0.4, 0.5) is 5.82 Å². The van der Waals surface area contributed by atoms with E-state index < -0.39 is 0 Å². The van der Waals surface area contributed by atoms with Gasteiger partial charge >= 0.3 is 0 Å². The van der Waals surface area contributed by atoms with E-state index in [1.165, 1.54) is 0 Å². The highest BCUT2D eigenvalue weighted by Crippen LogP contribution is 2.23. The van der Waals surface area contributed by atoms with E-state index in [9.17, 15) is 4.79 Å². The Morgan fingerprint density at radius 1 is 1.32 bits per heavy atom. The maximum Gasteiger partial charge on any atom is 0.242 e. The van der Waals surface area contributed by atoms with E-state index in [2.05, 4.69) is 20.6 Å². The van der Waals surface area contributed by atoms with E-state index in [-0.39, 0.29) is 17.9 Å². The van der Waals surface area contributed by atoms with Gasteiger partial charge in [0, 0.05) is 18.0 Å². The third-order valence-corrected chi connectivity index (χ3v) is 3.09. The predicted octanol–water partition coefficient (Wildman–Crippen LogP) is 2.50. The number of hydrogen-bond acceptors (Lipinski definition) is 4. The molecule has 0 aliphatic rings. The highest BCUT2D eigenvalue weighted by Gasteiger charge is 2.16. The Balaban J connectivity index is 2.97. The molecular formula is C13H21ClN4O. The van der Waals surface area contributed by atoms with E-state index in [4.69, 9.17) is 11.6 Å². The SMILES string of the molecule is CCNC(=O)C(C)Nc1nc(C(C)C)nc(Cl)c1C. The summed E-state index contributed by atoms with van der Waals surface area (Å²) in [4.78, 5) is 20.4. The van der Waals surface area contributed by atoms with Gasteiger partial charge in [-0.1, -0.05) is 25.4 Å². The van der Waals surface area contributed by atoms with Crippen LogP contribution in [0.2, 0.25) is 5.15 Å². The van der Waals surface area contributed by atoms with Gasteiger partial charge in [-0.25, -0.2) is 9.97 Å². The summed E-state index contributed by atoms with van der Waals surface area (Å²) >= 11 is 6.10. The number of nitrogens with one attached hydrogen (secondary N) is 2. The zero-order valence-electron chi connectivity index (χ0n) is 12.0. The first-order chi connectivity index (χ1) is 8.86. The molecule has 0 aliphatic heterocycles. The number of aromatic nitrogens is 2. The molecule has 1 heterocycles. The molecule has 0 aromatic carbocycles. The van der Waals surface area contributed by atoms with Crippen LogP contribution in [0.25, 0.3) is 0 Å². The topological polar surface area (TPSA) is 66.9 Å². The van der Waals surface area contributed by atoms with Crippen LogP contribution < -0.4 is 10.6 Å². The summed E-state index contributed by atoms with van der Waals surface area (Å²) in [7, 11) is 0. The first kappa shape index (κ1) is 15.7. The highest BCUT2D eigenvalue weighted by atomic mass is 35.5. The molecule has 1 atom stereocenters. The van der Waals surface area contributed by atoms with Gasteiger partial charge in [-0.3, -0.25) is 4.79 Å². The highest BCUT2D eigenvalue weighted by molar-refractivity contribution is 6.30. The molecule has 0 saturated carbocycles. The molecule has 0 radical (unpaired) electrons. The molecule has 0 saturated heterocycles. The molecule has 1 aromatic rings. The normalized spacial score (nSPS) is 12.4. The van der Waals surface area contributed by atoms with Crippen LogP contribution in [0.3, 0.4) is 0 Å². The maximum absolute atomic E-state index is 11.7. The predicted molar refractivity (Wildman–Crippen MR) is 77.6 cm³/mol. The molecule has 0 spiro atoms. The molecular weight excluding hydrogens is 264 g/mol. The molecule has 19 heavy (non-hydrogen) atoms. The molecule has 0 aliphatic carbocycles. The second kappa shape index (κ2) is 6.70. The minimum Gasteiger partial charge on any atom is -0.358 e. The summed E-state index contributed by atoms with van der Waals surface area (Å²) in [6.45, 7) is 10.1. The lowest BCUT2D eigenvalue weighted by atomic mass is 10.2. The van der Waals surface area contributed by atoms with Crippen molar-refractivity contribution in [3.8, 4) is 0 Å². The lowest BCUT2D eigenvalue weighted by Crippen LogP contribution is -2.37. The van der Waals surface area contributed by atoms with Gasteiger partial charge in [0.1, 0.15) is 22.8 Å². The Labute approximate surface area is 119 Å². The zero-order valence-corrected chi connectivity index (χ0v) is 12.8. The number of nitrogens with zero attached hydrogens (tertiary/aromatic N) is 2. The van der Waals surface area contributed by atoms with Gasteiger partial charge in [0.15, 0.2) is 0 Å². The van der Waals surface area contributed by atoms with Crippen molar-refractivity contribution in [3.05, 3.63) is 16.5 Å². The maximum atomic E-state index is 11.7. The van der Waals surface area contributed by atoms with Gasteiger partial charge < -0.3 is 10.6 Å². The molecule has 0 bridgehead atoms. The van der Waals surface area contributed by atoms with Gasteiger partial charge in [0.25, 0.3) is 0 Å². The van der Waals surface area contributed by atoms with Crippen LogP contribution >= 0.6 is 11.6 Å². The Morgan fingerprint density at radius 3 is 2.47 bits per heavy atom. The van der Waals surface area contributed by atoms with Gasteiger partial charge in [-0.2, -0.15) is 0 Å². The first-order valence-corrected chi connectivity index (χ1v) is 6.82. The fourth-order valence-corrected chi connectivity index (χ4v) is 1.68. The van der Waals surface area contributed by atoms with Crippen LogP contribution in [-0.2, 0) is 4.79 Å². The van der Waals surface area contributed by atoms with Crippen molar-refractivity contribution in [1.82, 2.24) is 15.3 Å². The van der Waals surface area contributed by atoms with Crippen molar-refractivity contribution in [2.45, 2.75) is 46.6 Å². The van der Waals surface area contributed by atoms with Gasteiger partial charge in [0.2, 0.25) is 5.91 Å². The number of hydrogen-bond donors (Lipinski definition) is 2. The van der Waals surface area contributed by atoms with Crippen molar-refractivity contribution in [2.75, 3.05) is 11.9 Å². The number of rotatable bonds is 5. The number of halogens is 1. The fraction of sp³-hybridized carbons (Fsp3) is 0.615. The third kappa shape index (κ3) is 4.06. The molecule has 1 rings (SSSR count). The number of amides is 1. The Bertz CT molecular complexity index is 462. The van der Waals surface area contributed by atoms with Gasteiger partial charge in [-0.05, 0) is 20.8 Å². The molecule has 2 N–H and O–H groups in total. The number of likely N-dealkylation sites (N-methyl/N-ethyl adjacent to an activating group) is 1. The van der Waals surface area contributed by atoms with Crippen molar-refractivity contribution in [3.63, 3.8) is 0 Å². The second-order valence-electron chi connectivity index (χ2n) is 4.76. The summed E-state index contributed by atoms with van der Waals surface area (Å²) in [5.74, 6) is 1.39. The number of anilines is 1. The van der Waals surface area contributed by atoms with Crippen LogP contribution in [0, 0.1) is 6.92 Å². The average Bonchev–Trinajstić information content (AvgIpc) is 2.34. The summed E-state index contributed by atoms with van der Waals surface area (Å²) < 4.78 is 0. The van der Waals surface area contributed by atoms with Crippen LogP contribution in [0.5, 0.6) is 0 Å². The second-order valence-corrected chi connectivity index (χ2v) is 5.12. The summed E-state index contributed by atoms with van der Waals surface area (Å²) in [6, 6.07) is -0.371. The number of carbonyl (C=O) groups excluding carboxylic acids is 1.